The first kappa shape index (κ1) is 16.8. The topological polar surface area (TPSA) is 49.8 Å². The SMILES string of the molecule is CC(C)N(CCCC(=O)O)C1CCOC2(CCCCC2)C1. The monoisotopic (exact) mass is 297 g/mol. The summed E-state index contributed by atoms with van der Waals surface area (Å²) in [6, 6.07) is 1.04. The molecule has 0 aromatic heterocycles. The first-order chi connectivity index (χ1) is 10.0. The molecule has 4 nitrogen and oxygen atoms in total. The third kappa shape index (κ3) is 4.68. The lowest BCUT2D eigenvalue weighted by Crippen LogP contribution is -2.51. The third-order valence-corrected chi connectivity index (χ3v) is 5.17. The maximum atomic E-state index is 10.7. The van der Waals surface area contributed by atoms with Gasteiger partial charge >= 0.3 is 5.97 Å². The highest BCUT2D eigenvalue weighted by atomic mass is 16.5. The molecule has 1 aliphatic carbocycles. The van der Waals surface area contributed by atoms with Crippen LogP contribution in [0.1, 0.15) is 71.6 Å². The molecular weight excluding hydrogens is 266 g/mol. The van der Waals surface area contributed by atoms with E-state index in [2.05, 4.69) is 18.7 Å². The number of carboxylic acids is 1. The Hall–Kier alpha value is -0.610. The molecule has 0 aromatic rings. The molecule has 0 bridgehead atoms. The average molecular weight is 297 g/mol. The van der Waals surface area contributed by atoms with Gasteiger partial charge in [-0.3, -0.25) is 9.69 Å². The average Bonchev–Trinajstić information content (AvgIpc) is 2.44. The predicted octanol–water partition coefficient (Wildman–Crippen LogP) is 3.44. The van der Waals surface area contributed by atoms with Gasteiger partial charge in [0.25, 0.3) is 0 Å². The van der Waals surface area contributed by atoms with E-state index in [1.165, 1.54) is 32.1 Å². The van der Waals surface area contributed by atoms with Crippen LogP contribution in [0.4, 0.5) is 0 Å². The van der Waals surface area contributed by atoms with Gasteiger partial charge in [-0.1, -0.05) is 19.3 Å². The molecule has 4 heteroatoms. The van der Waals surface area contributed by atoms with Crippen LogP contribution in [0, 0.1) is 0 Å². The maximum absolute atomic E-state index is 10.7. The van der Waals surface area contributed by atoms with Crippen molar-refractivity contribution >= 4 is 5.97 Å². The Balaban J connectivity index is 1.93. The van der Waals surface area contributed by atoms with Gasteiger partial charge in [0, 0.05) is 25.1 Å². The van der Waals surface area contributed by atoms with Gasteiger partial charge in [0.05, 0.1) is 5.60 Å². The van der Waals surface area contributed by atoms with E-state index >= 15 is 0 Å². The van der Waals surface area contributed by atoms with Crippen molar-refractivity contribution in [3.63, 3.8) is 0 Å². The fourth-order valence-corrected chi connectivity index (χ4v) is 4.10. The van der Waals surface area contributed by atoms with E-state index < -0.39 is 5.97 Å². The van der Waals surface area contributed by atoms with Gasteiger partial charge in [-0.05, 0) is 52.5 Å². The molecule has 0 radical (unpaired) electrons. The molecule has 1 spiro atoms. The fourth-order valence-electron chi connectivity index (χ4n) is 4.10. The van der Waals surface area contributed by atoms with E-state index in [4.69, 9.17) is 9.84 Å². The van der Waals surface area contributed by atoms with Gasteiger partial charge in [0.1, 0.15) is 0 Å². The van der Waals surface area contributed by atoms with Crippen molar-refractivity contribution in [2.75, 3.05) is 13.2 Å². The van der Waals surface area contributed by atoms with Gasteiger partial charge in [-0.2, -0.15) is 0 Å². The van der Waals surface area contributed by atoms with Crippen molar-refractivity contribution in [2.24, 2.45) is 0 Å². The molecule has 1 N–H and O–H groups in total. The van der Waals surface area contributed by atoms with Gasteiger partial charge in [0.15, 0.2) is 0 Å². The second-order valence-corrected chi connectivity index (χ2v) is 7.07. The summed E-state index contributed by atoms with van der Waals surface area (Å²) >= 11 is 0. The summed E-state index contributed by atoms with van der Waals surface area (Å²) in [5, 5.41) is 8.84. The van der Waals surface area contributed by atoms with Crippen LogP contribution in [0.5, 0.6) is 0 Å². The zero-order chi connectivity index (χ0) is 15.3. The smallest absolute Gasteiger partial charge is 0.303 e. The van der Waals surface area contributed by atoms with Gasteiger partial charge in [-0.25, -0.2) is 0 Å². The zero-order valence-corrected chi connectivity index (χ0v) is 13.6. The van der Waals surface area contributed by atoms with Crippen LogP contribution in [0.2, 0.25) is 0 Å². The van der Waals surface area contributed by atoms with Gasteiger partial charge in [-0.15, -0.1) is 0 Å². The summed E-state index contributed by atoms with van der Waals surface area (Å²) in [5.74, 6) is -0.686. The predicted molar refractivity (Wildman–Crippen MR) is 83.5 cm³/mol. The number of hydrogen-bond acceptors (Lipinski definition) is 3. The van der Waals surface area contributed by atoms with Crippen molar-refractivity contribution in [2.45, 2.75) is 89.3 Å². The molecule has 1 heterocycles. The van der Waals surface area contributed by atoms with E-state index in [1.54, 1.807) is 0 Å². The second-order valence-electron chi connectivity index (χ2n) is 7.07. The molecule has 2 rings (SSSR count). The standard InChI is InChI=1S/C17H31NO3/c1-14(2)18(11-6-7-16(19)20)15-8-12-21-17(13-15)9-4-3-5-10-17/h14-15H,3-13H2,1-2H3,(H,19,20). The van der Waals surface area contributed by atoms with Crippen LogP contribution >= 0.6 is 0 Å². The number of carboxylic acid groups (broad SMARTS) is 1. The Labute approximate surface area is 128 Å². The number of hydrogen-bond donors (Lipinski definition) is 1. The molecule has 1 saturated carbocycles. The highest BCUT2D eigenvalue weighted by Gasteiger charge is 2.40. The number of rotatable bonds is 6. The normalized spacial score (nSPS) is 25.6. The van der Waals surface area contributed by atoms with Crippen molar-refractivity contribution in [3.8, 4) is 0 Å². The number of nitrogens with zero attached hydrogens (tertiary/aromatic N) is 1. The molecule has 122 valence electrons. The summed E-state index contributed by atoms with van der Waals surface area (Å²) in [6.45, 7) is 6.21. The fraction of sp³-hybridized carbons (Fsp3) is 0.941. The maximum Gasteiger partial charge on any atom is 0.303 e. The Morgan fingerprint density at radius 2 is 2.05 bits per heavy atom. The van der Waals surface area contributed by atoms with Crippen LogP contribution < -0.4 is 0 Å². The van der Waals surface area contributed by atoms with E-state index in [-0.39, 0.29) is 12.0 Å². The Kier molecular flexibility index (Phi) is 6.06. The van der Waals surface area contributed by atoms with Crippen molar-refractivity contribution in [1.29, 1.82) is 0 Å². The quantitative estimate of drug-likeness (QED) is 0.816. The van der Waals surface area contributed by atoms with E-state index in [1.807, 2.05) is 0 Å². The summed E-state index contributed by atoms with van der Waals surface area (Å²) in [4.78, 5) is 13.2. The second kappa shape index (κ2) is 7.59. The summed E-state index contributed by atoms with van der Waals surface area (Å²) < 4.78 is 6.19. The molecular formula is C17H31NO3. The van der Waals surface area contributed by atoms with E-state index in [0.29, 0.717) is 12.1 Å². The Morgan fingerprint density at radius 3 is 2.67 bits per heavy atom. The van der Waals surface area contributed by atoms with Crippen molar-refractivity contribution in [3.05, 3.63) is 0 Å². The first-order valence-corrected chi connectivity index (χ1v) is 8.64. The molecule has 0 aromatic carbocycles. The van der Waals surface area contributed by atoms with Crippen LogP contribution in [0.15, 0.2) is 0 Å². The van der Waals surface area contributed by atoms with Gasteiger partial charge < -0.3 is 9.84 Å². The molecule has 2 aliphatic rings. The lowest BCUT2D eigenvalue weighted by Gasteiger charge is -2.47. The lowest BCUT2D eigenvalue weighted by atomic mass is 9.77. The molecule has 1 atom stereocenters. The summed E-state index contributed by atoms with van der Waals surface area (Å²) in [5.41, 5.74) is 0.126. The minimum absolute atomic E-state index is 0.126. The van der Waals surface area contributed by atoms with Crippen molar-refractivity contribution in [1.82, 2.24) is 4.90 Å². The molecule has 21 heavy (non-hydrogen) atoms. The number of carbonyl (C=O) groups is 1. The molecule has 2 fully saturated rings. The van der Waals surface area contributed by atoms with Crippen molar-refractivity contribution < 1.29 is 14.6 Å². The van der Waals surface area contributed by atoms with E-state index in [0.717, 1.165) is 32.4 Å². The molecule has 1 unspecified atom stereocenters. The van der Waals surface area contributed by atoms with E-state index in [9.17, 15) is 4.79 Å². The summed E-state index contributed by atoms with van der Waals surface area (Å²) in [6.07, 6.45) is 9.62. The lowest BCUT2D eigenvalue weighted by molar-refractivity contribution is -0.138. The van der Waals surface area contributed by atoms with Crippen LogP contribution in [-0.4, -0.2) is 46.8 Å². The minimum atomic E-state index is -0.686. The zero-order valence-electron chi connectivity index (χ0n) is 13.6. The molecule has 1 aliphatic heterocycles. The van der Waals surface area contributed by atoms with Gasteiger partial charge in [0.2, 0.25) is 0 Å². The summed E-state index contributed by atoms with van der Waals surface area (Å²) in [7, 11) is 0. The van der Waals surface area contributed by atoms with Crippen LogP contribution in [0.3, 0.4) is 0 Å². The largest absolute Gasteiger partial charge is 0.481 e. The Bertz CT molecular complexity index is 331. The van der Waals surface area contributed by atoms with Crippen LogP contribution in [0.25, 0.3) is 0 Å². The first-order valence-electron chi connectivity index (χ1n) is 8.64. The highest BCUT2D eigenvalue weighted by molar-refractivity contribution is 5.66. The number of ether oxygens (including phenoxy) is 1. The molecule has 1 saturated heterocycles. The third-order valence-electron chi connectivity index (χ3n) is 5.17. The Morgan fingerprint density at radius 1 is 1.33 bits per heavy atom. The highest BCUT2D eigenvalue weighted by Crippen LogP contribution is 2.40. The molecule has 0 amide bonds. The van der Waals surface area contributed by atoms with Crippen LogP contribution in [-0.2, 0) is 9.53 Å². The minimum Gasteiger partial charge on any atom is -0.481 e. The number of aliphatic carboxylic acids is 1.